The first-order chi connectivity index (χ1) is 19.6. The summed E-state index contributed by atoms with van der Waals surface area (Å²) in [6, 6.07) is 9.13. The van der Waals surface area contributed by atoms with Crippen molar-refractivity contribution in [3.63, 3.8) is 0 Å². The van der Waals surface area contributed by atoms with Gasteiger partial charge in [0, 0.05) is 25.1 Å². The SMILES string of the molecule is [2H]C([2H])([2H])OC1CCC(n2c(C3CCOC(=O)N3c3ccc(Cl)nc3)nc3cc(-c4c(C)noc4C)ccc32)CC1. The van der Waals surface area contributed by atoms with Crippen molar-refractivity contribution in [2.45, 2.75) is 64.1 Å². The number of benzene rings is 1. The Bertz CT molecular complexity index is 1560. The van der Waals surface area contributed by atoms with Gasteiger partial charge in [-0.2, -0.15) is 0 Å². The number of carbonyl (C=O) groups excluding carboxylic acids is 1. The summed E-state index contributed by atoms with van der Waals surface area (Å²) in [5.41, 5.74) is 4.96. The van der Waals surface area contributed by atoms with E-state index in [1.165, 1.54) is 0 Å². The fourth-order valence-corrected chi connectivity index (χ4v) is 5.94. The molecule has 4 aromatic rings. The molecule has 10 heteroatoms. The van der Waals surface area contributed by atoms with E-state index in [4.69, 9.17) is 34.7 Å². The molecule has 9 nitrogen and oxygen atoms in total. The molecule has 1 saturated heterocycles. The van der Waals surface area contributed by atoms with Gasteiger partial charge in [-0.25, -0.2) is 14.8 Å². The number of ether oxygens (including phenoxy) is 2. The molecule has 0 N–H and O–H groups in total. The molecule has 38 heavy (non-hydrogen) atoms. The van der Waals surface area contributed by atoms with Crippen LogP contribution in [0, 0.1) is 13.8 Å². The van der Waals surface area contributed by atoms with Crippen LogP contribution in [-0.2, 0) is 9.47 Å². The first kappa shape index (κ1) is 21.5. The number of aryl methyl sites for hydroxylation is 2. The van der Waals surface area contributed by atoms with Gasteiger partial charge in [-0.15, -0.1) is 0 Å². The highest BCUT2D eigenvalue weighted by atomic mass is 35.5. The average molecular weight is 539 g/mol. The quantitative estimate of drug-likeness (QED) is 0.265. The van der Waals surface area contributed by atoms with Gasteiger partial charge in [0.2, 0.25) is 0 Å². The predicted octanol–water partition coefficient (Wildman–Crippen LogP) is 6.57. The number of pyridine rings is 1. The number of anilines is 1. The van der Waals surface area contributed by atoms with E-state index in [1.807, 2.05) is 32.0 Å². The van der Waals surface area contributed by atoms with E-state index in [0.717, 1.165) is 39.4 Å². The number of amides is 1. The molecule has 2 aliphatic rings. The number of aromatic nitrogens is 4. The number of carbonyl (C=O) groups is 1. The van der Waals surface area contributed by atoms with Crippen LogP contribution in [0.1, 0.15) is 65.6 Å². The Hall–Kier alpha value is -3.43. The normalized spacial score (nSPS) is 23.7. The molecule has 198 valence electrons. The van der Waals surface area contributed by atoms with Gasteiger partial charge in [0.25, 0.3) is 0 Å². The molecule has 0 radical (unpaired) electrons. The van der Waals surface area contributed by atoms with Crippen molar-refractivity contribution in [2.24, 2.45) is 0 Å². The lowest BCUT2D eigenvalue weighted by Gasteiger charge is -2.36. The molecule has 3 aromatic heterocycles. The summed E-state index contributed by atoms with van der Waals surface area (Å²) in [7, 11) is -2.42. The monoisotopic (exact) mass is 538 g/mol. The smallest absolute Gasteiger partial charge is 0.415 e. The van der Waals surface area contributed by atoms with E-state index < -0.39 is 19.2 Å². The van der Waals surface area contributed by atoms with Gasteiger partial charge in [-0.05, 0) is 69.4 Å². The summed E-state index contributed by atoms with van der Waals surface area (Å²) >= 11 is 6.03. The second kappa shape index (κ2) is 10.0. The third-order valence-electron chi connectivity index (χ3n) is 7.63. The molecule has 1 unspecified atom stereocenters. The Balaban J connectivity index is 1.45. The van der Waals surface area contributed by atoms with Crippen molar-refractivity contribution in [1.82, 2.24) is 19.7 Å². The number of hydrogen-bond donors (Lipinski definition) is 0. The van der Waals surface area contributed by atoms with E-state index in [1.54, 1.807) is 23.2 Å². The molecule has 6 rings (SSSR count). The highest BCUT2D eigenvalue weighted by Gasteiger charge is 2.37. The molecule has 1 aromatic carbocycles. The Kier molecular flexibility index (Phi) is 5.68. The number of hydrogen-bond acceptors (Lipinski definition) is 7. The Morgan fingerprint density at radius 1 is 1.13 bits per heavy atom. The number of nitrogens with zero attached hydrogens (tertiary/aromatic N) is 5. The summed E-state index contributed by atoms with van der Waals surface area (Å²) in [6.45, 7) is 4.05. The lowest BCUT2D eigenvalue weighted by atomic mass is 9.92. The van der Waals surface area contributed by atoms with E-state index in [9.17, 15) is 4.79 Å². The first-order valence-corrected chi connectivity index (χ1v) is 13.2. The van der Waals surface area contributed by atoms with Gasteiger partial charge >= 0.3 is 6.09 Å². The summed E-state index contributed by atoms with van der Waals surface area (Å²) in [5, 5.41) is 4.43. The van der Waals surface area contributed by atoms with E-state index in [2.05, 4.69) is 14.7 Å². The van der Waals surface area contributed by atoms with Crippen molar-refractivity contribution in [3.8, 4) is 11.1 Å². The van der Waals surface area contributed by atoms with Crippen LogP contribution in [0.25, 0.3) is 22.2 Å². The van der Waals surface area contributed by atoms with Gasteiger partial charge < -0.3 is 18.6 Å². The maximum Gasteiger partial charge on any atom is 0.415 e. The van der Waals surface area contributed by atoms with E-state index in [-0.39, 0.29) is 18.8 Å². The van der Waals surface area contributed by atoms with Gasteiger partial charge in [0.1, 0.15) is 22.8 Å². The van der Waals surface area contributed by atoms with Gasteiger partial charge in [-0.3, -0.25) is 4.90 Å². The molecule has 1 saturated carbocycles. The Morgan fingerprint density at radius 3 is 2.68 bits per heavy atom. The molecule has 0 spiro atoms. The topological polar surface area (TPSA) is 95.5 Å². The minimum atomic E-state index is -2.42. The van der Waals surface area contributed by atoms with Crippen LogP contribution in [0.3, 0.4) is 0 Å². The third-order valence-corrected chi connectivity index (χ3v) is 7.85. The summed E-state index contributed by atoms with van der Waals surface area (Å²) in [4.78, 5) is 24.1. The predicted molar refractivity (Wildman–Crippen MR) is 143 cm³/mol. The van der Waals surface area contributed by atoms with Crippen molar-refractivity contribution >= 4 is 34.4 Å². The number of rotatable bonds is 5. The molecule has 1 aliphatic carbocycles. The number of cyclic esters (lactones) is 1. The summed E-state index contributed by atoms with van der Waals surface area (Å²) < 4.78 is 40.9. The standard InChI is InChI=1S/C28H30ClN5O4/c1-16-26(17(2)38-32-16)18-4-10-23-22(14-18)31-27(33(23)19-5-8-21(36-3)9-6-19)24-12-13-37-28(35)34(24)20-7-11-25(29)30-15-20/h4,7,10-11,14-15,19,21,24H,5-6,8-9,12-13H2,1-3H3/i3D3. The average Bonchev–Trinajstić information content (AvgIpc) is 3.47. The second-order valence-electron chi connectivity index (χ2n) is 9.92. The van der Waals surface area contributed by atoms with Crippen molar-refractivity contribution in [3.05, 3.63) is 59.0 Å². The van der Waals surface area contributed by atoms with Crippen molar-refractivity contribution < 1.29 is 22.9 Å². The highest BCUT2D eigenvalue weighted by molar-refractivity contribution is 6.29. The van der Waals surface area contributed by atoms with Gasteiger partial charge in [-0.1, -0.05) is 22.8 Å². The summed E-state index contributed by atoms with van der Waals surface area (Å²) in [6.07, 6.45) is 3.93. The van der Waals surface area contributed by atoms with Gasteiger partial charge in [0.15, 0.2) is 0 Å². The molecule has 1 amide bonds. The van der Waals surface area contributed by atoms with Crippen molar-refractivity contribution in [2.75, 3.05) is 18.5 Å². The molecular weight excluding hydrogens is 506 g/mol. The summed E-state index contributed by atoms with van der Waals surface area (Å²) in [5.74, 6) is 1.47. The lowest BCUT2D eigenvalue weighted by Crippen LogP contribution is -2.42. The van der Waals surface area contributed by atoms with Crippen LogP contribution < -0.4 is 4.90 Å². The number of imidazole rings is 1. The minimum Gasteiger partial charge on any atom is -0.449 e. The van der Waals surface area contributed by atoms with E-state index in [0.29, 0.717) is 42.9 Å². The fourth-order valence-electron chi connectivity index (χ4n) is 5.83. The second-order valence-corrected chi connectivity index (χ2v) is 10.3. The van der Waals surface area contributed by atoms with Crippen molar-refractivity contribution in [1.29, 1.82) is 0 Å². The van der Waals surface area contributed by atoms with Crippen LogP contribution in [0.5, 0.6) is 0 Å². The maximum atomic E-state index is 13.1. The Labute approximate surface area is 229 Å². The van der Waals surface area contributed by atoms with Crippen LogP contribution in [0.4, 0.5) is 10.5 Å². The molecule has 4 heterocycles. The van der Waals surface area contributed by atoms with Crippen LogP contribution in [-0.4, -0.2) is 45.5 Å². The first-order valence-electron chi connectivity index (χ1n) is 14.3. The Morgan fingerprint density at radius 2 is 1.97 bits per heavy atom. The molecule has 1 aliphatic heterocycles. The van der Waals surface area contributed by atoms with Crippen LogP contribution >= 0.6 is 11.6 Å². The van der Waals surface area contributed by atoms with Gasteiger partial charge in [0.05, 0.1) is 45.4 Å². The number of fused-ring (bicyclic) bond motifs is 1. The molecular formula is C28H30ClN5O4. The minimum absolute atomic E-state index is 0.0412. The zero-order valence-corrected chi connectivity index (χ0v) is 21.9. The largest absolute Gasteiger partial charge is 0.449 e. The molecule has 0 bridgehead atoms. The zero-order chi connectivity index (χ0) is 28.9. The number of methoxy groups -OCH3 is 1. The lowest BCUT2D eigenvalue weighted by molar-refractivity contribution is 0.0582. The molecule has 2 fully saturated rings. The fraction of sp³-hybridized carbons (Fsp3) is 0.429. The number of halogens is 1. The van der Waals surface area contributed by atoms with E-state index >= 15 is 0 Å². The third kappa shape index (κ3) is 4.33. The molecule has 1 atom stereocenters. The maximum absolute atomic E-state index is 13.1. The van der Waals surface area contributed by atoms with Crippen LogP contribution in [0.2, 0.25) is 5.15 Å². The highest BCUT2D eigenvalue weighted by Crippen LogP contribution is 2.41. The van der Waals surface area contributed by atoms with Crippen LogP contribution in [0.15, 0.2) is 41.1 Å². The zero-order valence-electron chi connectivity index (χ0n) is 24.2.